The van der Waals surface area contributed by atoms with E-state index < -0.39 is 33.0 Å². The number of alkyl halides is 3. The second kappa shape index (κ2) is 6.01. The minimum absolute atomic E-state index is 0.226. The largest absolute Gasteiger partial charge is 0.416 e. The molecular weight excluding hydrogens is 319 g/mol. The third kappa shape index (κ3) is 3.69. The van der Waals surface area contributed by atoms with E-state index in [1.54, 1.807) is 6.92 Å². The Morgan fingerprint density at radius 1 is 1.17 bits per heavy atom. The molecular formula is C13H14F3N3O4. The molecule has 1 aromatic carbocycles. The van der Waals surface area contributed by atoms with Crippen LogP contribution in [0.2, 0.25) is 0 Å². The van der Waals surface area contributed by atoms with Gasteiger partial charge in [0.2, 0.25) is 0 Å². The number of hydrogen-bond acceptors (Lipinski definition) is 5. The molecule has 23 heavy (non-hydrogen) atoms. The van der Waals surface area contributed by atoms with Crippen molar-refractivity contribution in [3.8, 4) is 0 Å². The van der Waals surface area contributed by atoms with Crippen LogP contribution < -0.4 is 4.90 Å². The highest BCUT2D eigenvalue weighted by Gasteiger charge is 2.39. The lowest BCUT2D eigenvalue weighted by atomic mass is 10.1. The lowest BCUT2D eigenvalue weighted by molar-refractivity contribution is -0.393. The van der Waals surface area contributed by atoms with Gasteiger partial charge in [0.05, 0.1) is 15.4 Å². The zero-order valence-electron chi connectivity index (χ0n) is 12.2. The maximum Gasteiger partial charge on any atom is 0.416 e. The molecule has 0 atom stereocenters. The summed E-state index contributed by atoms with van der Waals surface area (Å²) in [5.74, 6) is 0.261. The van der Waals surface area contributed by atoms with Crippen LogP contribution in [0.3, 0.4) is 0 Å². The summed E-state index contributed by atoms with van der Waals surface area (Å²) in [6, 6.07) is 0.718. The van der Waals surface area contributed by atoms with Crippen LogP contribution in [0, 0.1) is 26.1 Å². The molecule has 1 saturated carbocycles. The maximum absolute atomic E-state index is 12.9. The van der Waals surface area contributed by atoms with Gasteiger partial charge >= 0.3 is 6.18 Å². The summed E-state index contributed by atoms with van der Waals surface area (Å²) in [4.78, 5) is 21.8. The Morgan fingerprint density at radius 3 is 1.96 bits per heavy atom. The summed E-state index contributed by atoms with van der Waals surface area (Å²) in [5, 5.41) is 22.4. The van der Waals surface area contributed by atoms with Gasteiger partial charge in [-0.2, -0.15) is 13.2 Å². The zero-order chi connectivity index (χ0) is 17.4. The van der Waals surface area contributed by atoms with Gasteiger partial charge in [0.1, 0.15) is 0 Å². The first kappa shape index (κ1) is 17.0. The first-order valence-electron chi connectivity index (χ1n) is 6.94. The maximum atomic E-state index is 12.9. The van der Waals surface area contributed by atoms with E-state index in [4.69, 9.17) is 0 Å². The number of nitrogens with zero attached hydrogens (tertiary/aromatic N) is 3. The van der Waals surface area contributed by atoms with E-state index in [9.17, 15) is 33.4 Å². The van der Waals surface area contributed by atoms with Crippen LogP contribution >= 0.6 is 0 Å². The molecule has 0 unspecified atom stereocenters. The van der Waals surface area contributed by atoms with Crippen molar-refractivity contribution >= 4 is 17.1 Å². The van der Waals surface area contributed by atoms with Crippen molar-refractivity contribution in [2.45, 2.75) is 25.9 Å². The third-order valence-electron chi connectivity index (χ3n) is 3.66. The molecule has 1 fully saturated rings. The van der Waals surface area contributed by atoms with E-state index in [2.05, 4.69) is 0 Å². The summed E-state index contributed by atoms with van der Waals surface area (Å²) in [6.07, 6.45) is -3.10. The van der Waals surface area contributed by atoms with Crippen LogP contribution in [-0.4, -0.2) is 22.9 Å². The molecule has 0 amide bonds. The SMILES string of the molecule is CCN(CC1CC1)c1c([N+](=O)[O-])cc(C(F)(F)F)cc1[N+](=O)[O-]. The lowest BCUT2D eigenvalue weighted by Gasteiger charge is -2.23. The van der Waals surface area contributed by atoms with Gasteiger partial charge < -0.3 is 4.90 Å². The molecule has 0 heterocycles. The summed E-state index contributed by atoms with van der Waals surface area (Å²) in [5.41, 5.74) is -3.55. The number of nitro benzene ring substituents is 2. The highest BCUT2D eigenvalue weighted by molar-refractivity contribution is 5.76. The van der Waals surface area contributed by atoms with E-state index in [0.29, 0.717) is 18.7 Å². The standard InChI is InChI=1S/C13H14F3N3O4/c1-2-17(7-8-3-4-8)12-10(18(20)21)5-9(13(14,15)16)6-11(12)19(22)23/h5-6,8H,2-4,7H2,1H3. The number of hydrogen-bond donors (Lipinski definition) is 0. The van der Waals surface area contributed by atoms with Crippen molar-refractivity contribution in [1.82, 2.24) is 0 Å². The number of anilines is 1. The average molecular weight is 333 g/mol. The first-order valence-corrected chi connectivity index (χ1v) is 6.94. The predicted molar refractivity (Wildman–Crippen MR) is 75.4 cm³/mol. The number of halogens is 3. The van der Waals surface area contributed by atoms with Crippen molar-refractivity contribution in [3.63, 3.8) is 0 Å². The van der Waals surface area contributed by atoms with Gasteiger partial charge in [-0.15, -0.1) is 0 Å². The molecule has 0 spiro atoms. The molecule has 0 aliphatic heterocycles. The minimum atomic E-state index is -4.90. The Morgan fingerprint density at radius 2 is 1.65 bits per heavy atom. The molecule has 0 saturated heterocycles. The van der Waals surface area contributed by atoms with Crippen molar-refractivity contribution in [2.24, 2.45) is 5.92 Å². The molecule has 0 bridgehead atoms. The van der Waals surface area contributed by atoms with Crippen molar-refractivity contribution < 1.29 is 23.0 Å². The van der Waals surface area contributed by atoms with Crippen LogP contribution in [0.5, 0.6) is 0 Å². The van der Waals surface area contributed by atoms with Crippen molar-refractivity contribution in [3.05, 3.63) is 37.9 Å². The molecule has 0 aromatic heterocycles. The topological polar surface area (TPSA) is 89.5 Å². The van der Waals surface area contributed by atoms with E-state index in [1.807, 2.05) is 0 Å². The summed E-state index contributed by atoms with van der Waals surface area (Å²) < 4.78 is 38.6. The fourth-order valence-electron chi connectivity index (χ4n) is 2.36. The van der Waals surface area contributed by atoms with Gasteiger partial charge in [0.25, 0.3) is 11.4 Å². The quantitative estimate of drug-likeness (QED) is 0.584. The predicted octanol–water partition coefficient (Wildman–Crippen LogP) is 3.76. The Hall–Kier alpha value is -2.39. The second-order valence-electron chi connectivity index (χ2n) is 5.36. The van der Waals surface area contributed by atoms with Crippen molar-refractivity contribution in [2.75, 3.05) is 18.0 Å². The molecule has 1 aromatic rings. The van der Waals surface area contributed by atoms with Crippen molar-refractivity contribution in [1.29, 1.82) is 0 Å². The van der Waals surface area contributed by atoms with Crippen LogP contribution in [-0.2, 0) is 6.18 Å². The molecule has 10 heteroatoms. The second-order valence-corrected chi connectivity index (χ2v) is 5.36. The van der Waals surface area contributed by atoms with E-state index in [-0.39, 0.29) is 18.2 Å². The van der Waals surface area contributed by atoms with Crippen LogP contribution in [0.25, 0.3) is 0 Å². The third-order valence-corrected chi connectivity index (χ3v) is 3.66. The first-order chi connectivity index (χ1) is 10.6. The molecule has 2 rings (SSSR count). The minimum Gasteiger partial charge on any atom is -0.360 e. The molecule has 1 aliphatic carbocycles. The highest BCUT2D eigenvalue weighted by atomic mass is 19.4. The van der Waals surface area contributed by atoms with Gasteiger partial charge in [0.15, 0.2) is 5.69 Å². The van der Waals surface area contributed by atoms with Crippen LogP contribution in [0.4, 0.5) is 30.2 Å². The Kier molecular flexibility index (Phi) is 4.44. The molecule has 1 aliphatic rings. The normalized spacial score (nSPS) is 14.6. The van der Waals surface area contributed by atoms with E-state index in [1.165, 1.54) is 4.90 Å². The molecule has 126 valence electrons. The van der Waals surface area contributed by atoms with Gasteiger partial charge in [-0.25, -0.2) is 0 Å². The average Bonchev–Trinajstić information content (AvgIpc) is 3.26. The summed E-state index contributed by atoms with van der Waals surface area (Å²) in [7, 11) is 0. The molecule has 7 nitrogen and oxygen atoms in total. The van der Waals surface area contributed by atoms with Crippen LogP contribution in [0.15, 0.2) is 12.1 Å². The number of benzene rings is 1. The van der Waals surface area contributed by atoms with Gasteiger partial charge in [0, 0.05) is 25.2 Å². The smallest absolute Gasteiger partial charge is 0.360 e. The zero-order valence-corrected chi connectivity index (χ0v) is 12.2. The monoisotopic (exact) mass is 333 g/mol. The Bertz CT molecular complexity index is 609. The lowest BCUT2D eigenvalue weighted by Crippen LogP contribution is -2.27. The van der Waals surface area contributed by atoms with E-state index >= 15 is 0 Å². The van der Waals surface area contributed by atoms with Gasteiger partial charge in [-0.1, -0.05) is 0 Å². The summed E-state index contributed by atoms with van der Waals surface area (Å²) >= 11 is 0. The fraction of sp³-hybridized carbons (Fsp3) is 0.538. The highest BCUT2D eigenvalue weighted by Crippen LogP contribution is 2.44. The fourth-order valence-corrected chi connectivity index (χ4v) is 2.36. The summed E-state index contributed by atoms with van der Waals surface area (Å²) in [6.45, 7) is 2.22. The Labute approximate surface area is 129 Å². The van der Waals surface area contributed by atoms with Gasteiger partial charge in [-0.05, 0) is 25.7 Å². The number of nitro groups is 2. The van der Waals surface area contributed by atoms with E-state index in [0.717, 1.165) is 12.8 Å². The molecule has 0 radical (unpaired) electrons. The van der Waals surface area contributed by atoms with Crippen LogP contribution in [0.1, 0.15) is 25.3 Å². The molecule has 0 N–H and O–H groups in total. The Balaban J connectivity index is 2.65. The van der Waals surface area contributed by atoms with Gasteiger partial charge in [-0.3, -0.25) is 20.2 Å². The number of rotatable bonds is 6.